The summed E-state index contributed by atoms with van der Waals surface area (Å²) in [6.45, 7) is 5.01. The van der Waals surface area contributed by atoms with E-state index in [1.165, 1.54) is 29.6 Å². The molecule has 0 aliphatic rings. The van der Waals surface area contributed by atoms with Crippen LogP contribution in [0.15, 0.2) is 41.1 Å². The molecular formula is C21H21N3O4S2. The van der Waals surface area contributed by atoms with Gasteiger partial charge in [-0.1, -0.05) is 24.3 Å². The Bertz CT molecular complexity index is 1040. The van der Waals surface area contributed by atoms with Gasteiger partial charge in [0.25, 0.3) is 5.91 Å². The van der Waals surface area contributed by atoms with E-state index in [9.17, 15) is 14.4 Å². The molecule has 0 saturated carbocycles. The van der Waals surface area contributed by atoms with Crippen molar-refractivity contribution in [2.45, 2.75) is 26.9 Å². The number of aryl methyl sites for hydroxylation is 2. The summed E-state index contributed by atoms with van der Waals surface area (Å²) in [5, 5.41) is 9.51. The first kappa shape index (κ1) is 21.7. The van der Waals surface area contributed by atoms with Gasteiger partial charge in [-0.05, 0) is 43.3 Å². The van der Waals surface area contributed by atoms with Crippen molar-refractivity contribution in [3.8, 4) is 9.88 Å². The molecule has 1 aromatic carbocycles. The van der Waals surface area contributed by atoms with E-state index in [1.807, 2.05) is 49.6 Å². The Hall–Kier alpha value is -3.04. The molecule has 2 heterocycles. The van der Waals surface area contributed by atoms with E-state index in [0.29, 0.717) is 0 Å². The van der Waals surface area contributed by atoms with Gasteiger partial charge in [0.2, 0.25) is 5.91 Å². The van der Waals surface area contributed by atoms with Crippen molar-refractivity contribution in [1.82, 2.24) is 10.3 Å². The lowest BCUT2D eigenvalue weighted by Crippen LogP contribution is -2.40. The number of hydrogen-bond acceptors (Lipinski definition) is 7. The van der Waals surface area contributed by atoms with E-state index >= 15 is 0 Å². The van der Waals surface area contributed by atoms with Crippen molar-refractivity contribution < 1.29 is 19.1 Å². The summed E-state index contributed by atoms with van der Waals surface area (Å²) in [6.07, 6.45) is -1.06. The van der Waals surface area contributed by atoms with Crippen LogP contribution < -0.4 is 10.6 Å². The van der Waals surface area contributed by atoms with Crippen LogP contribution >= 0.6 is 22.7 Å². The van der Waals surface area contributed by atoms with E-state index in [-0.39, 0.29) is 18.1 Å². The molecule has 0 bridgehead atoms. The van der Waals surface area contributed by atoms with Crippen LogP contribution in [0.1, 0.15) is 28.5 Å². The molecule has 3 aromatic rings. The number of nitrogens with one attached hydrogen (secondary N) is 2. The van der Waals surface area contributed by atoms with E-state index in [0.717, 1.165) is 26.7 Å². The number of esters is 1. The SMILES string of the molecule is Cc1cccc(C)c1NC(=O)CNC(=O)C(C)OC(=O)c1csc(-c2cccs2)n1. The molecule has 7 nitrogen and oxygen atoms in total. The highest BCUT2D eigenvalue weighted by molar-refractivity contribution is 7.20. The first-order chi connectivity index (χ1) is 14.3. The maximum atomic E-state index is 12.3. The second kappa shape index (κ2) is 9.64. The highest BCUT2D eigenvalue weighted by Crippen LogP contribution is 2.28. The van der Waals surface area contributed by atoms with Crippen LogP contribution in [0.25, 0.3) is 9.88 Å². The minimum atomic E-state index is -1.06. The van der Waals surface area contributed by atoms with Gasteiger partial charge in [-0.3, -0.25) is 9.59 Å². The summed E-state index contributed by atoms with van der Waals surface area (Å²) >= 11 is 2.86. The lowest BCUT2D eigenvalue weighted by atomic mass is 10.1. The number of para-hydroxylation sites is 1. The fourth-order valence-electron chi connectivity index (χ4n) is 2.66. The number of carbonyl (C=O) groups excluding carboxylic acids is 3. The number of aromatic nitrogens is 1. The highest BCUT2D eigenvalue weighted by Gasteiger charge is 2.21. The van der Waals surface area contributed by atoms with Crippen molar-refractivity contribution in [2.24, 2.45) is 0 Å². The molecule has 1 atom stereocenters. The molecule has 0 fully saturated rings. The molecule has 0 saturated heterocycles. The van der Waals surface area contributed by atoms with Gasteiger partial charge >= 0.3 is 5.97 Å². The van der Waals surface area contributed by atoms with E-state index in [2.05, 4.69) is 15.6 Å². The molecule has 2 amide bonds. The van der Waals surface area contributed by atoms with Gasteiger partial charge in [-0.25, -0.2) is 9.78 Å². The zero-order valence-corrected chi connectivity index (χ0v) is 18.4. The van der Waals surface area contributed by atoms with Gasteiger partial charge in [0.05, 0.1) is 11.4 Å². The molecule has 0 aliphatic heterocycles. The quantitative estimate of drug-likeness (QED) is 0.542. The lowest BCUT2D eigenvalue weighted by Gasteiger charge is -2.14. The van der Waals surface area contributed by atoms with E-state index < -0.39 is 18.0 Å². The third kappa shape index (κ3) is 5.31. The zero-order valence-electron chi connectivity index (χ0n) is 16.7. The molecule has 0 radical (unpaired) electrons. The molecule has 3 rings (SSSR count). The largest absolute Gasteiger partial charge is 0.448 e. The molecule has 30 heavy (non-hydrogen) atoms. The number of carbonyl (C=O) groups is 3. The molecule has 0 aliphatic carbocycles. The lowest BCUT2D eigenvalue weighted by molar-refractivity contribution is -0.130. The fraction of sp³-hybridized carbons (Fsp3) is 0.238. The monoisotopic (exact) mass is 443 g/mol. The van der Waals surface area contributed by atoms with Crippen LogP contribution in [0, 0.1) is 13.8 Å². The normalized spacial score (nSPS) is 11.6. The van der Waals surface area contributed by atoms with Crippen molar-refractivity contribution in [3.63, 3.8) is 0 Å². The predicted molar refractivity (Wildman–Crippen MR) is 118 cm³/mol. The van der Waals surface area contributed by atoms with Gasteiger partial charge in [-0.2, -0.15) is 0 Å². The van der Waals surface area contributed by atoms with Crippen molar-refractivity contribution >= 4 is 46.1 Å². The van der Waals surface area contributed by atoms with Gasteiger partial charge in [-0.15, -0.1) is 22.7 Å². The number of benzene rings is 1. The second-order valence-corrected chi connectivity index (χ2v) is 8.40. The molecule has 0 spiro atoms. The standard InChI is InChI=1S/C21H21N3O4S2/c1-12-6-4-7-13(2)18(12)24-17(25)10-22-19(26)14(3)28-21(27)15-11-30-20(23-15)16-8-5-9-29-16/h4-9,11,14H,10H2,1-3H3,(H,22,26)(H,24,25). The second-order valence-electron chi connectivity index (χ2n) is 6.60. The van der Waals surface area contributed by atoms with Crippen LogP contribution in [-0.2, 0) is 14.3 Å². The summed E-state index contributed by atoms with van der Waals surface area (Å²) in [7, 11) is 0. The predicted octanol–water partition coefficient (Wildman–Crippen LogP) is 3.79. The van der Waals surface area contributed by atoms with Gasteiger partial charge in [0.1, 0.15) is 5.01 Å². The maximum Gasteiger partial charge on any atom is 0.358 e. The molecule has 2 aromatic heterocycles. The molecule has 2 N–H and O–H groups in total. The third-order valence-electron chi connectivity index (χ3n) is 4.27. The topological polar surface area (TPSA) is 97.4 Å². The number of nitrogens with zero attached hydrogens (tertiary/aromatic N) is 1. The van der Waals surface area contributed by atoms with Crippen LogP contribution in [0.4, 0.5) is 5.69 Å². The number of thiazole rings is 1. The van der Waals surface area contributed by atoms with Crippen LogP contribution in [0.5, 0.6) is 0 Å². The number of ether oxygens (including phenoxy) is 1. The summed E-state index contributed by atoms with van der Waals surface area (Å²) in [4.78, 5) is 41.9. The summed E-state index contributed by atoms with van der Waals surface area (Å²) in [6, 6.07) is 9.51. The van der Waals surface area contributed by atoms with E-state index in [4.69, 9.17) is 4.74 Å². The van der Waals surface area contributed by atoms with E-state index in [1.54, 1.807) is 5.38 Å². The van der Waals surface area contributed by atoms with Crippen molar-refractivity contribution in [2.75, 3.05) is 11.9 Å². The number of anilines is 1. The Labute approximate surface area is 182 Å². The maximum absolute atomic E-state index is 12.3. The number of rotatable bonds is 7. The van der Waals surface area contributed by atoms with Crippen LogP contribution in [0.3, 0.4) is 0 Å². The smallest absolute Gasteiger partial charge is 0.358 e. The Morgan fingerprint density at radius 2 is 1.83 bits per heavy atom. The Morgan fingerprint density at radius 3 is 2.50 bits per heavy atom. The molecule has 1 unspecified atom stereocenters. The van der Waals surface area contributed by atoms with Crippen molar-refractivity contribution in [1.29, 1.82) is 0 Å². The third-order valence-corrected chi connectivity index (χ3v) is 6.15. The van der Waals surface area contributed by atoms with Gasteiger partial charge < -0.3 is 15.4 Å². The van der Waals surface area contributed by atoms with Crippen molar-refractivity contribution in [3.05, 3.63) is 57.9 Å². The Morgan fingerprint density at radius 1 is 1.10 bits per heavy atom. The average Bonchev–Trinajstić information content (AvgIpc) is 3.40. The van der Waals surface area contributed by atoms with Gasteiger partial charge in [0, 0.05) is 11.1 Å². The van der Waals surface area contributed by atoms with Gasteiger partial charge in [0.15, 0.2) is 11.8 Å². The number of hydrogen-bond donors (Lipinski definition) is 2. The Kier molecular flexibility index (Phi) is 6.96. The summed E-state index contributed by atoms with van der Waals surface area (Å²) in [5.41, 5.74) is 2.74. The first-order valence-electron chi connectivity index (χ1n) is 9.19. The summed E-state index contributed by atoms with van der Waals surface area (Å²) < 4.78 is 5.18. The summed E-state index contributed by atoms with van der Waals surface area (Å²) in [5.74, 6) is -1.61. The Balaban J connectivity index is 1.49. The van der Waals surface area contributed by atoms with Crippen LogP contribution in [-0.4, -0.2) is 35.4 Å². The fourth-order valence-corrected chi connectivity index (χ4v) is 4.27. The number of thiophene rings is 1. The molecular weight excluding hydrogens is 422 g/mol. The number of amides is 2. The first-order valence-corrected chi connectivity index (χ1v) is 10.9. The zero-order chi connectivity index (χ0) is 21.7. The minimum absolute atomic E-state index is 0.149. The highest BCUT2D eigenvalue weighted by atomic mass is 32.1. The van der Waals surface area contributed by atoms with Crippen LogP contribution in [0.2, 0.25) is 0 Å². The molecule has 9 heteroatoms. The molecule has 156 valence electrons. The minimum Gasteiger partial charge on any atom is -0.448 e. The average molecular weight is 444 g/mol.